The van der Waals surface area contributed by atoms with Crippen molar-refractivity contribution in [2.24, 2.45) is 0 Å². The number of urea groups is 1. The molecule has 1 saturated heterocycles. The minimum absolute atomic E-state index is 0.0393. The Hall–Kier alpha value is -3.26. The van der Waals surface area contributed by atoms with Crippen molar-refractivity contribution in [3.63, 3.8) is 0 Å². The van der Waals surface area contributed by atoms with Gasteiger partial charge in [-0.1, -0.05) is 23.7 Å². The standard InChI is InChI=1S/C22H21ClN4O4/c23-15-7-1-5-13-14-6-2-8-16(20(14)26-19(13)15)24-18(28)10-17-21(29)27(22(30)25-17)11-12-4-3-9-31-12/h1,3-5,7,9,16-17,26H,2,6,8,10-11H2,(H,24,28)(H,25,30)/t16-,17-/m1/s1. The van der Waals surface area contributed by atoms with Gasteiger partial charge in [0.2, 0.25) is 5.91 Å². The highest BCUT2D eigenvalue weighted by atomic mass is 35.5. The molecule has 4 amide bonds. The molecule has 0 bridgehead atoms. The second-order valence-corrected chi connectivity index (χ2v) is 8.31. The number of carbonyl (C=O) groups excluding carboxylic acids is 3. The van der Waals surface area contributed by atoms with Crippen molar-refractivity contribution in [3.8, 4) is 0 Å². The van der Waals surface area contributed by atoms with E-state index in [1.807, 2.05) is 18.2 Å². The van der Waals surface area contributed by atoms with Gasteiger partial charge in [0.25, 0.3) is 5.91 Å². The number of para-hydroxylation sites is 1. The molecule has 1 aromatic carbocycles. The van der Waals surface area contributed by atoms with Gasteiger partial charge in [-0.25, -0.2) is 4.79 Å². The van der Waals surface area contributed by atoms with E-state index in [-0.39, 0.29) is 24.9 Å². The number of amides is 4. The molecule has 8 nitrogen and oxygen atoms in total. The van der Waals surface area contributed by atoms with Gasteiger partial charge in [0.1, 0.15) is 11.8 Å². The molecular formula is C22H21ClN4O4. The topological polar surface area (TPSA) is 107 Å². The van der Waals surface area contributed by atoms with Gasteiger partial charge in [0, 0.05) is 11.1 Å². The number of furan rings is 1. The molecule has 2 aromatic heterocycles. The maximum Gasteiger partial charge on any atom is 0.325 e. The first kappa shape index (κ1) is 19.7. The van der Waals surface area contributed by atoms with Crippen LogP contribution in [0.4, 0.5) is 4.79 Å². The molecule has 0 unspecified atom stereocenters. The summed E-state index contributed by atoms with van der Waals surface area (Å²) in [5.41, 5.74) is 3.01. The van der Waals surface area contributed by atoms with E-state index in [1.54, 1.807) is 12.1 Å². The zero-order valence-corrected chi connectivity index (χ0v) is 17.4. The van der Waals surface area contributed by atoms with Crippen LogP contribution < -0.4 is 10.6 Å². The minimum Gasteiger partial charge on any atom is -0.467 e. The van der Waals surface area contributed by atoms with Crippen LogP contribution in [0.15, 0.2) is 41.0 Å². The third-order valence-electron chi connectivity index (χ3n) is 5.92. The fourth-order valence-electron chi connectivity index (χ4n) is 4.46. The Morgan fingerprint density at radius 2 is 2.13 bits per heavy atom. The van der Waals surface area contributed by atoms with Gasteiger partial charge in [-0.15, -0.1) is 0 Å². The third kappa shape index (κ3) is 3.57. The van der Waals surface area contributed by atoms with Gasteiger partial charge < -0.3 is 20.0 Å². The van der Waals surface area contributed by atoms with E-state index in [9.17, 15) is 14.4 Å². The van der Waals surface area contributed by atoms with E-state index in [4.69, 9.17) is 16.0 Å². The van der Waals surface area contributed by atoms with Gasteiger partial charge in [-0.3, -0.25) is 14.5 Å². The zero-order chi connectivity index (χ0) is 21.5. The number of nitrogens with one attached hydrogen (secondary N) is 3. The lowest BCUT2D eigenvalue weighted by Crippen LogP contribution is -2.38. The summed E-state index contributed by atoms with van der Waals surface area (Å²) >= 11 is 6.33. The van der Waals surface area contributed by atoms with Crippen molar-refractivity contribution in [1.29, 1.82) is 0 Å². The second kappa shape index (κ2) is 7.77. The second-order valence-electron chi connectivity index (χ2n) is 7.90. The number of H-pyrrole nitrogens is 1. The third-order valence-corrected chi connectivity index (χ3v) is 6.23. The number of hydrogen-bond acceptors (Lipinski definition) is 4. The molecule has 2 atom stereocenters. The van der Waals surface area contributed by atoms with Crippen molar-refractivity contribution in [2.75, 3.05) is 0 Å². The quantitative estimate of drug-likeness (QED) is 0.528. The van der Waals surface area contributed by atoms with Crippen LogP contribution >= 0.6 is 11.6 Å². The fraction of sp³-hybridized carbons (Fsp3) is 0.318. The van der Waals surface area contributed by atoms with Gasteiger partial charge in [0.05, 0.1) is 35.8 Å². The predicted octanol–water partition coefficient (Wildman–Crippen LogP) is 3.42. The Morgan fingerprint density at radius 1 is 1.26 bits per heavy atom. The van der Waals surface area contributed by atoms with Crippen molar-refractivity contribution in [3.05, 3.63) is 58.6 Å². The summed E-state index contributed by atoms with van der Waals surface area (Å²) in [5.74, 6) is -0.222. The summed E-state index contributed by atoms with van der Waals surface area (Å²) in [6.07, 6.45) is 4.01. The summed E-state index contributed by atoms with van der Waals surface area (Å²) in [7, 11) is 0. The largest absolute Gasteiger partial charge is 0.467 e. The molecule has 0 radical (unpaired) electrons. The van der Waals surface area contributed by atoms with E-state index >= 15 is 0 Å². The van der Waals surface area contributed by atoms with Gasteiger partial charge in [-0.2, -0.15) is 0 Å². The molecular weight excluding hydrogens is 420 g/mol. The maximum absolute atomic E-state index is 12.7. The Labute approximate surface area is 182 Å². The number of hydrogen-bond donors (Lipinski definition) is 3. The lowest BCUT2D eigenvalue weighted by Gasteiger charge is -2.24. The monoisotopic (exact) mass is 440 g/mol. The number of rotatable bonds is 5. The number of aryl methyl sites for hydroxylation is 1. The molecule has 3 N–H and O–H groups in total. The lowest BCUT2D eigenvalue weighted by molar-refractivity contribution is -0.131. The van der Waals surface area contributed by atoms with Crippen LogP contribution in [0.1, 0.15) is 42.3 Å². The number of imide groups is 1. The summed E-state index contributed by atoms with van der Waals surface area (Å²) in [6, 6.07) is 7.56. The summed E-state index contributed by atoms with van der Waals surface area (Å²) in [4.78, 5) is 42.0. The molecule has 3 aromatic rings. The fourth-order valence-corrected chi connectivity index (χ4v) is 4.68. The molecule has 0 spiro atoms. The number of aromatic amines is 1. The zero-order valence-electron chi connectivity index (χ0n) is 16.6. The average Bonchev–Trinajstić information content (AvgIpc) is 3.45. The number of carbonyl (C=O) groups is 3. The van der Waals surface area contributed by atoms with Crippen LogP contribution in [0, 0.1) is 0 Å². The molecule has 1 aliphatic carbocycles. The van der Waals surface area contributed by atoms with E-state index in [0.717, 1.165) is 40.8 Å². The highest BCUT2D eigenvalue weighted by Gasteiger charge is 2.40. The Morgan fingerprint density at radius 3 is 2.94 bits per heavy atom. The average molecular weight is 441 g/mol. The first-order valence-electron chi connectivity index (χ1n) is 10.2. The number of benzene rings is 1. The molecule has 31 heavy (non-hydrogen) atoms. The van der Waals surface area contributed by atoms with Gasteiger partial charge in [0.15, 0.2) is 0 Å². The van der Waals surface area contributed by atoms with E-state index < -0.39 is 18.0 Å². The molecule has 1 aliphatic heterocycles. The van der Waals surface area contributed by atoms with Crippen molar-refractivity contribution in [1.82, 2.24) is 20.5 Å². The van der Waals surface area contributed by atoms with Crippen LogP contribution in [0.25, 0.3) is 10.9 Å². The Bertz CT molecular complexity index is 1170. The van der Waals surface area contributed by atoms with E-state index in [1.165, 1.54) is 11.8 Å². The van der Waals surface area contributed by atoms with Crippen molar-refractivity contribution in [2.45, 2.75) is 44.3 Å². The first-order chi connectivity index (χ1) is 15.0. The number of aromatic nitrogens is 1. The number of nitrogens with zero attached hydrogens (tertiary/aromatic N) is 1. The number of halogens is 1. The molecule has 5 rings (SSSR count). The maximum atomic E-state index is 12.7. The summed E-state index contributed by atoms with van der Waals surface area (Å²) < 4.78 is 5.21. The van der Waals surface area contributed by atoms with Gasteiger partial charge >= 0.3 is 6.03 Å². The highest BCUT2D eigenvalue weighted by Crippen LogP contribution is 2.37. The predicted molar refractivity (Wildman–Crippen MR) is 113 cm³/mol. The van der Waals surface area contributed by atoms with Crippen LogP contribution in [0.5, 0.6) is 0 Å². The van der Waals surface area contributed by atoms with Crippen LogP contribution in [0.3, 0.4) is 0 Å². The molecule has 2 aliphatic rings. The molecule has 1 fully saturated rings. The van der Waals surface area contributed by atoms with Crippen LogP contribution in [0.2, 0.25) is 5.02 Å². The van der Waals surface area contributed by atoms with E-state index in [2.05, 4.69) is 15.6 Å². The molecule has 9 heteroatoms. The van der Waals surface area contributed by atoms with Crippen LogP contribution in [-0.4, -0.2) is 33.8 Å². The Kier molecular flexibility index (Phi) is 4.94. The number of fused-ring (bicyclic) bond motifs is 3. The molecule has 3 heterocycles. The van der Waals surface area contributed by atoms with Crippen molar-refractivity contribution >= 4 is 40.3 Å². The minimum atomic E-state index is -0.886. The first-order valence-corrected chi connectivity index (χ1v) is 10.6. The Balaban J connectivity index is 1.28. The SMILES string of the molecule is O=C(C[C@H]1NC(=O)N(Cc2ccco2)C1=O)N[C@@H]1CCCc2c1[nH]c1c(Cl)cccc21. The smallest absolute Gasteiger partial charge is 0.325 e. The molecule has 160 valence electrons. The summed E-state index contributed by atoms with van der Waals surface area (Å²) in [6.45, 7) is 0.0393. The molecule has 0 saturated carbocycles. The normalized spacial score (nSPS) is 20.7. The lowest BCUT2D eigenvalue weighted by atomic mass is 9.91. The summed E-state index contributed by atoms with van der Waals surface area (Å²) in [5, 5.41) is 7.34. The highest BCUT2D eigenvalue weighted by molar-refractivity contribution is 6.35. The van der Waals surface area contributed by atoms with Gasteiger partial charge in [-0.05, 0) is 43.0 Å². The van der Waals surface area contributed by atoms with Crippen LogP contribution in [-0.2, 0) is 22.6 Å². The van der Waals surface area contributed by atoms with E-state index in [0.29, 0.717) is 10.8 Å². The van der Waals surface area contributed by atoms with Crippen molar-refractivity contribution < 1.29 is 18.8 Å².